The van der Waals surface area contributed by atoms with Crippen molar-refractivity contribution in [3.63, 3.8) is 0 Å². The quantitative estimate of drug-likeness (QED) is 0.463. The van der Waals surface area contributed by atoms with E-state index in [1.165, 1.54) is 0 Å². The van der Waals surface area contributed by atoms with Crippen LogP contribution in [0.1, 0.15) is 55.0 Å². The van der Waals surface area contributed by atoms with Crippen molar-refractivity contribution in [2.24, 2.45) is 12.0 Å². The molecule has 1 saturated heterocycles. The summed E-state index contributed by atoms with van der Waals surface area (Å²) in [6, 6.07) is 9.19. The highest BCUT2D eigenvalue weighted by atomic mass is 16.5. The van der Waals surface area contributed by atoms with Gasteiger partial charge in [0.05, 0.1) is 11.8 Å². The highest BCUT2D eigenvalue weighted by Gasteiger charge is 2.21. The second-order valence-electron chi connectivity index (χ2n) is 8.74. The Hall–Kier alpha value is -3.72. The zero-order chi connectivity index (χ0) is 24.9. The van der Waals surface area contributed by atoms with Crippen molar-refractivity contribution in [2.45, 2.75) is 45.4 Å². The van der Waals surface area contributed by atoms with Gasteiger partial charge in [0.1, 0.15) is 23.4 Å². The van der Waals surface area contributed by atoms with Crippen molar-refractivity contribution in [2.75, 3.05) is 19.0 Å². The van der Waals surface area contributed by atoms with Crippen LogP contribution < -0.4 is 10.1 Å². The van der Waals surface area contributed by atoms with Crippen molar-refractivity contribution in [1.82, 2.24) is 14.5 Å². The molecule has 1 fully saturated rings. The van der Waals surface area contributed by atoms with E-state index in [0.29, 0.717) is 22.8 Å². The van der Waals surface area contributed by atoms with Gasteiger partial charge in [0.15, 0.2) is 5.82 Å². The maximum absolute atomic E-state index is 11.5. The number of aromatic carboxylic acids is 1. The largest absolute Gasteiger partial charge is 0.491 e. The first kappa shape index (κ1) is 24.4. The Morgan fingerprint density at radius 3 is 2.77 bits per heavy atom. The fourth-order valence-electron chi connectivity index (χ4n) is 4.11. The average molecular weight is 478 g/mol. The van der Waals surface area contributed by atoms with Crippen LogP contribution in [0.3, 0.4) is 0 Å². The lowest BCUT2D eigenvalue weighted by Crippen LogP contribution is -2.28. The van der Waals surface area contributed by atoms with Gasteiger partial charge in [-0.3, -0.25) is 4.99 Å². The van der Waals surface area contributed by atoms with E-state index in [-0.39, 0.29) is 18.0 Å². The first-order chi connectivity index (χ1) is 16.9. The lowest BCUT2D eigenvalue weighted by Gasteiger charge is -2.26. The zero-order valence-electron chi connectivity index (χ0n) is 20.5. The van der Waals surface area contributed by atoms with Crippen LogP contribution in [-0.2, 0) is 11.8 Å². The Balaban J connectivity index is 1.73. The van der Waals surface area contributed by atoms with Gasteiger partial charge in [0.25, 0.3) is 0 Å². The molecule has 3 heterocycles. The molecule has 0 saturated carbocycles. The van der Waals surface area contributed by atoms with E-state index in [2.05, 4.69) is 15.3 Å². The number of nitrogens with zero attached hydrogens (tertiary/aromatic N) is 4. The Labute approximate surface area is 204 Å². The summed E-state index contributed by atoms with van der Waals surface area (Å²) < 4.78 is 13.4. The van der Waals surface area contributed by atoms with Gasteiger partial charge < -0.3 is 24.5 Å². The first-order valence-corrected chi connectivity index (χ1v) is 11.7. The number of aromatic nitrogens is 3. The van der Waals surface area contributed by atoms with E-state index in [1.807, 2.05) is 32.0 Å². The number of rotatable bonds is 8. The highest BCUT2D eigenvalue weighted by molar-refractivity contribution is 6.14. The molecule has 4 rings (SSSR count). The molecule has 0 spiro atoms. The minimum absolute atomic E-state index is 0.0199. The molecule has 184 valence electrons. The first-order valence-electron chi connectivity index (χ1n) is 11.7. The third-order valence-corrected chi connectivity index (χ3v) is 5.72. The number of nitrogens with one attached hydrogen (secondary N) is 1. The lowest BCUT2D eigenvalue weighted by atomic mass is 10.0. The Bertz CT molecular complexity index is 1230. The fourth-order valence-corrected chi connectivity index (χ4v) is 4.11. The number of aliphatic imine (C=N–C) groups is 1. The summed E-state index contributed by atoms with van der Waals surface area (Å²) in [5.41, 5.74) is 3.73. The molecular formula is C26H31N5O4. The minimum atomic E-state index is -0.994. The smallest absolute Gasteiger partial charge is 0.352 e. The van der Waals surface area contributed by atoms with Gasteiger partial charge >= 0.3 is 5.97 Å². The number of hydrogen-bond acceptors (Lipinski definition) is 7. The van der Waals surface area contributed by atoms with Crippen molar-refractivity contribution >= 4 is 17.4 Å². The van der Waals surface area contributed by atoms with Crippen molar-refractivity contribution in [3.8, 4) is 17.0 Å². The Morgan fingerprint density at radius 2 is 2.11 bits per heavy atom. The molecule has 1 aliphatic heterocycles. The van der Waals surface area contributed by atoms with E-state index in [4.69, 9.17) is 14.5 Å². The van der Waals surface area contributed by atoms with E-state index in [0.717, 1.165) is 42.9 Å². The molecule has 1 aliphatic rings. The number of benzene rings is 1. The molecule has 2 aromatic heterocycles. The Morgan fingerprint density at radius 1 is 1.29 bits per heavy atom. The van der Waals surface area contributed by atoms with Crippen LogP contribution in [0.4, 0.5) is 5.69 Å². The maximum Gasteiger partial charge on any atom is 0.352 e. The fraction of sp³-hybridized carbons (Fsp3) is 0.385. The van der Waals surface area contributed by atoms with E-state index in [1.54, 1.807) is 43.2 Å². The lowest BCUT2D eigenvalue weighted by molar-refractivity contribution is 0.0343. The van der Waals surface area contributed by atoms with Crippen LogP contribution in [0.2, 0.25) is 0 Å². The van der Waals surface area contributed by atoms with Gasteiger partial charge in [0.2, 0.25) is 0 Å². The SMILES string of the molecule is CN=C(c1nccc(-c2cc(C(=O)O)n(C)c2)n1)c1cc(OC(C)C)ccc1NC1CCCCO1. The van der Waals surface area contributed by atoms with E-state index < -0.39 is 5.97 Å². The summed E-state index contributed by atoms with van der Waals surface area (Å²) in [5.74, 6) is 0.156. The number of ether oxygens (including phenoxy) is 2. The summed E-state index contributed by atoms with van der Waals surface area (Å²) in [5, 5.41) is 12.9. The van der Waals surface area contributed by atoms with Crippen molar-refractivity contribution in [3.05, 3.63) is 59.8 Å². The van der Waals surface area contributed by atoms with Gasteiger partial charge in [-0.25, -0.2) is 14.8 Å². The monoisotopic (exact) mass is 477 g/mol. The third kappa shape index (κ3) is 5.68. The molecule has 9 nitrogen and oxygen atoms in total. The summed E-state index contributed by atoms with van der Waals surface area (Å²) in [4.78, 5) is 25.2. The van der Waals surface area contributed by atoms with Gasteiger partial charge in [-0.2, -0.15) is 0 Å². The molecule has 1 unspecified atom stereocenters. The molecule has 1 aromatic carbocycles. The van der Waals surface area contributed by atoms with Gasteiger partial charge in [-0.1, -0.05) is 0 Å². The number of aryl methyl sites for hydroxylation is 1. The van der Waals surface area contributed by atoms with Crippen molar-refractivity contribution in [1.29, 1.82) is 0 Å². The van der Waals surface area contributed by atoms with Crippen LogP contribution in [0.15, 0.2) is 47.7 Å². The third-order valence-electron chi connectivity index (χ3n) is 5.72. The van der Waals surface area contributed by atoms with Gasteiger partial charge in [-0.05, 0) is 63.4 Å². The standard InChI is InChI=1S/C26H31N5O4/c1-16(2)35-18-8-9-21(29-23-7-5-6-12-34-23)19(14-18)24(27-3)25-28-11-10-20(30-25)17-13-22(26(32)33)31(4)15-17/h8-11,13-16,23,29H,5-7,12H2,1-4H3,(H,32,33). The molecule has 0 radical (unpaired) electrons. The van der Waals surface area contributed by atoms with Crippen LogP contribution in [0.5, 0.6) is 5.75 Å². The normalized spacial score (nSPS) is 16.4. The molecule has 0 aliphatic carbocycles. The predicted octanol–water partition coefficient (Wildman–Crippen LogP) is 4.37. The van der Waals surface area contributed by atoms with Gasteiger partial charge in [0, 0.05) is 49.9 Å². The van der Waals surface area contributed by atoms with E-state index in [9.17, 15) is 9.90 Å². The molecule has 1 atom stereocenters. The van der Waals surface area contributed by atoms with Crippen LogP contribution in [0.25, 0.3) is 11.3 Å². The van der Waals surface area contributed by atoms with Crippen LogP contribution >= 0.6 is 0 Å². The zero-order valence-corrected chi connectivity index (χ0v) is 20.5. The van der Waals surface area contributed by atoms with Crippen LogP contribution in [0, 0.1) is 0 Å². The maximum atomic E-state index is 11.5. The van der Waals surface area contributed by atoms with Gasteiger partial charge in [-0.15, -0.1) is 0 Å². The summed E-state index contributed by atoms with van der Waals surface area (Å²) in [7, 11) is 3.40. The molecule has 2 N–H and O–H groups in total. The molecule has 3 aromatic rings. The average Bonchev–Trinajstić information content (AvgIpc) is 3.24. The molecule has 0 amide bonds. The van der Waals surface area contributed by atoms with Crippen LogP contribution in [-0.4, -0.2) is 57.3 Å². The molecule has 0 bridgehead atoms. The number of carboxylic acids is 1. The molecule has 35 heavy (non-hydrogen) atoms. The summed E-state index contributed by atoms with van der Waals surface area (Å²) >= 11 is 0. The number of anilines is 1. The topological polar surface area (TPSA) is 111 Å². The minimum Gasteiger partial charge on any atom is -0.491 e. The van der Waals surface area contributed by atoms with Crippen molar-refractivity contribution < 1.29 is 19.4 Å². The number of carboxylic acid groups (broad SMARTS) is 1. The Kier molecular flexibility index (Phi) is 7.45. The summed E-state index contributed by atoms with van der Waals surface area (Å²) in [6.07, 6.45) is 6.43. The number of carbonyl (C=O) groups is 1. The second kappa shape index (κ2) is 10.7. The molecular weight excluding hydrogens is 446 g/mol. The van der Waals surface area contributed by atoms with E-state index >= 15 is 0 Å². The predicted molar refractivity (Wildman–Crippen MR) is 134 cm³/mol. The highest BCUT2D eigenvalue weighted by Crippen LogP contribution is 2.28. The summed E-state index contributed by atoms with van der Waals surface area (Å²) in [6.45, 7) is 4.69. The molecule has 9 heteroatoms. The second-order valence-corrected chi connectivity index (χ2v) is 8.74. The number of hydrogen-bond donors (Lipinski definition) is 2.